The van der Waals surface area contributed by atoms with Crippen molar-refractivity contribution in [2.24, 2.45) is 0 Å². The fourth-order valence-electron chi connectivity index (χ4n) is 1.63. The summed E-state index contributed by atoms with van der Waals surface area (Å²) in [5, 5.41) is 3.35. The first kappa shape index (κ1) is 9.40. The van der Waals surface area contributed by atoms with E-state index in [0.29, 0.717) is 0 Å². The minimum Gasteiger partial charge on any atom is -0.486 e. The molecule has 1 aliphatic rings. The van der Waals surface area contributed by atoms with E-state index in [2.05, 4.69) is 15.3 Å². The second kappa shape index (κ2) is 4.91. The summed E-state index contributed by atoms with van der Waals surface area (Å²) in [4.78, 5) is 7.83. The maximum absolute atomic E-state index is 5.75. The van der Waals surface area contributed by atoms with Crippen LogP contribution in [0.5, 0.6) is 5.75 Å². The van der Waals surface area contributed by atoms with E-state index in [1.807, 2.05) is 0 Å². The predicted octanol–water partition coefficient (Wildman–Crippen LogP) is 0.997. The van der Waals surface area contributed by atoms with Gasteiger partial charge in [0.1, 0.15) is 12.4 Å². The van der Waals surface area contributed by atoms with Gasteiger partial charge in [0.15, 0.2) is 5.75 Å². The summed E-state index contributed by atoms with van der Waals surface area (Å²) in [5.74, 6) is 0.765. The number of ether oxygens (including phenoxy) is 1. The van der Waals surface area contributed by atoms with Crippen LogP contribution in [0.1, 0.15) is 19.3 Å². The summed E-state index contributed by atoms with van der Waals surface area (Å²) in [6, 6.07) is 0. The Balaban J connectivity index is 1.90. The van der Waals surface area contributed by atoms with Crippen molar-refractivity contribution in [2.75, 3.05) is 13.1 Å². The van der Waals surface area contributed by atoms with Gasteiger partial charge in [-0.15, -0.1) is 0 Å². The molecule has 0 saturated carbocycles. The largest absolute Gasteiger partial charge is 0.486 e. The second-order valence-electron chi connectivity index (χ2n) is 3.51. The summed E-state index contributed by atoms with van der Waals surface area (Å²) in [6.45, 7) is 2.03. The molecule has 0 aliphatic carbocycles. The van der Waals surface area contributed by atoms with Crippen molar-refractivity contribution in [1.82, 2.24) is 15.3 Å². The van der Waals surface area contributed by atoms with Gasteiger partial charge < -0.3 is 10.1 Å². The average Bonchev–Trinajstić information content (AvgIpc) is 2.48. The van der Waals surface area contributed by atoms with Crippen molar-refractivity contribution in [1.29, 1.82) is 0 Å². The molecule has 1 fully saturated rings. The third-order valence-electron chi connectivity index (χ3n) is 2.34. The molecule has 76 valence electrons. The molecule has 2 rings (SSSR count). The Morgan fingerprint density at radius 3 is 3.00 bits per heavy atom. The monoisotopic (exact) mass is 193 g/mol. The third kappa shape index (κ3) is 2.67. The molecule has 14 heavy (non-hydrogen) atoms. The first-order chi connectivity index (χ1) is 6.95. The van der Waals surface area contributed by atoms with Gasteiger partial charge in [-0.05, 0) is 25.8 Å². The van der Waals surface area contributed by atoms with Gasteiger partial charge in [-0.1, -0.05) is 0 Å². The molecule has 1 unspecified atom stereocenters. The van der Waals surface area contributed by atoms with Crippen LogP contribution in [0.25, 0.3) is 0 Å². The van der Waals surface area contributed by atoms with E-state index < -0.39 is 0 Å². The van der Waals surface area contributed by atoms with Crippen LogP contribution in [0, 0.1) is 0 Å². The first-order valence-corrected chi connectivity index (χ1v) is 5.07. The molecule has 1 N–H and O–H groups in total. The Morgan fingerprint density at radius 2 is 2.14 bits per heavy atom. The second-order valence-corrected chi connectivity index (χ2v) is 3.51. The summed E-state index contributed by atoms with van der Waals surface area (Å²) < 4.78 is 5.75. The van der Waals surface area contributed by atoms with Crippen molar-refractivity contribution in [3.63, 3.8) is 0 Å². The third-order valence-corrected chi connectivity index (χ3v) is 2.34. The van der Waals surface area contributed by atoms with E-state index in [-0.39, 0.29) is 6.10 Å². The van der Waals surface area contributed by atoms with Gasteiger partial charge in [-0.3, -0.25) is 0 Å². The average molecular weight is 193 g/mol. The summed E-state index contributed by atoms with van der Waals surface area (Å²) in [5.41, 5.74) is 0. The van der Waals surface area contributed by atoms with E-state index in [0.717, 1.165) is 25.3 Å². The van der Waals surface area contributed by atoms with Crippen molar-refractivity contribution in [2.45, 2.75) is 25.4 Å². The Bertz CT molecular complexity index is 257. The molecule has 0 radical (unpaired) electrons. The molecule has 0 aromatic carbocycles. The number of nitrogens with one attached hydrogen (secondary N) is 1. The van der Waals surface area contributed by atoms with Gasteiger partial charge in [0, 0.05) is 6.54 Å². The lowest BCUT2D eigenvalue weighted by atomic mass is 10.2. The molecule has 1 saturated heterocycles. The summed E-state index contributed by atoms with van der Waals surface area (Å²) in [6.07, 6.45) is 8.77. The number of aromatic nitrogens is 2. The van der Waals surface area contributed by atoms with Crippen molar-refractivity contribution < 1.29 is 4.74 Å². The van der Waals surface area contributed by atoms with Crippen molar-refractivity contribution in [3.05, 3.63) is 18.7 Å². The van der Waals surface area contributed by atoms with Crippen LogP contribution in [0.2, 0.25) is 0 Å². The molecular formula is C10H15N3O. The molecular weight excluding hydrogens is 178 g/mol. The zero-order chi connectivity index (χ0) is 9.64. The van der Waals surface area contributed by atoms with Crippen LogP contribution in [-0.2, 0) is 0 Å². The van der Waals surface area contributed by atoms with E-state index in [4.69, 9.17) is 4.74 Å². The highest BCUT2D eigenvalue weighted by atomic mass is 16.5. The van der Waals surface area contributed by atoms with E-state index >= 15 is 0 Å². The van der Waals surface area contributed by atoms with Crippen LogP contribution in [0.3, 0.4) is 0 Å². The van der Waals surface area contributed by atoms with E-state index in [1.54, 1.807) is 12.4 Å². The fourth-order valence-corrected chi connectivity index (χ4v) is 1.63. The smallest absolute Gasteiger partial charge is 0.156 e. The van der Waals surface area contributed by atoms with Crippen LogP contribution < -0.4 is 10.1 Å². The first-order valence-electron chi connectivity index (χ1n) is 5.07. The van der Waals surface area contributed by atoms with E-state index in [9.17, 15) is 0 Å². The Kier molecular flexibility index (Phi) is 3.29. The molecule has 0 bridgehead atoms. The van der Waals surface area contributed by atoms with Gasteiger partial charge in [0.25, 0.3) is 0 Å². The Hall–Kier alpha value is -1.16. The van der Waals surface area contributed by atoms with Crippen molar-refractivity contribution in [3.8, 4) is 5.75 Å². The van der Waals surface area contributed by atoms with Gasteiger partial charge >= 0.3 is 0 Å². The minimum atomic E-state index is 0.267. The van der Waals surface area contributed by atoms with Crippen LogP contribution in [-0.4, -0.2) is 29.2 Å². The Labute approximate surface area is 83.7 Å². The SMILES string of the molecule is c1ncc(OC2CCCCNC2)cn1. The number of rotatable bonds is 2. The van der Waals surface area contributed by atoms with Crippen LogP contribution in [0.4, 0.5) is 0 Å². The molecule has 4 nitrogen and oxygen atoms in total. The summed E-state index contributed by atoms with van der Waals surface area (Å²) in [7, 11) is 0. The van der Waals surface area contributed by atoms with Gasteiger partial charge in [0.2, 0.25) is 0 Å². The molecule has 1 aromatic heterocycles. The molecule has 1 aromatic rings. The molecule has 1 atom stereocenters. The van der Waals surface area contributed by atoms with E-state index in [1.165, 1.54) is 19.2 Å². The number of nitrogens with zero attached hydrogens (tertiary/aromatic N) is 2. The maximum atomic E-state index is 5.75. The fraction of sp³-hybridized carbons (Fsp3) is 0.600. The number of hydrogen-bond acceptors (Lipinski definition) is 4. The van der Waals surface area contributed by atoms with Gasteiger partial charge in [-0.25, -0.2) is 9.97 Å². The summed E-state index contributed by atoms with van der Waals surface area (Å²) >= 11 is 0. The lowest BCUT2D eigenvalue weighted by Gasteiger charge is -2.15. The van der Waals surface area contributed by atoms with Crippen molar-refractivity contribution >= 4 is 0 Å². The lowest BCUT2D eigenvalue weighted by Crippen LogP contribution is -2.29. The normalized spacial score (nSPS) is 22.7. The topological polar surface area (TPSA) is 47.0 Å². The molecule has 2 heterocycles. The van der Waals surface area contributed by atoms with Gasteiger partial charge in [0.05, 0.1) is 12.4 Å². The highest BCUT2D eigenvalue weighted by Crippen LogP contribution is 2.12. The quantitative estimate of drug-likeness (QED) is 0.761. The van der Waals surface area contributed by atoms with Crippen LogP contribution >= 0.6 is 0 Å². The maximum Gasteiger partial charge on any atom is 0.156 e. The molecule has 1 aliphatic heterocycles. The lowest BCUT2D eigenvalue weighted by molar-refractivity contribution is 0.193. The zero-order valence-corrected chi connectivity index (χ0v) is 8.15. The molecule has 0 amide bonds. The highest BCUT2D eigenvalue weighted by molar-refractivity contribution is 5.10. The predicted molar refractivity (Wildman–Crippen MR) is 53.2 cm³/mol. The highest BCUT2D eigenvalue weighted by Gasteiger charge is 2.12. The Morgan fingerprint density at radius 1 is 1.29 bits per heavy atom. The van der Waals surface area contributed by atoms with Crippen LogP contribution in [0.15, 0.2) is 18.7 Å². The minimum absolute atomic E-state index is 0.267. The van der Waals surface area contributed by atoms with Gasteiger partial charge in [-0.2, -0.15) is 0 Å². The standard InChI is InChI=1S/C10H15N3O/c1-2-4-11-5-9(3-1)14-10-6-12-8-13-7-10/h6-9,11H,1-5H2. The molecule has 0 spiro atoms. The number of hydrogen-bond donors (Lipinski definition) is 1. The zero-order valence-electron chi connectivity index (χ0n) is 8.15. The molecule has 4 heteroatoms.